The normalized spacial score (nSPS) is 17.1. The van der Waals surface area contributed by atoms with Crippen molar-refractivity contribution in [3.05, 3.63) is 95.6 Å². The van der Waals surface area contributed by atoms with Crippen LogP contribution in [0.1, 0.15) is 34.7 Å². The maximum Gasteiger partial charge on any atom is 0.490 e. The zero-order valence-corrected chi connectivity index (χ0v) is 23.3. The lowest BCUT2D eigenvalue weighted by Gasteiger charge is -2.18. The summed E-state index contributed by atoms with van der Waals surface area (Å²) in [6, 6.07) is 17.9. The van der Waals surface area contributed by atoms with E-state index in [0.29, 0.717) is 28.0 Å². The van der Waals surface area contributed by atoms with E-state index in [4.69, 9.17) is 9.90 Å². The van der Waals surface area contributed by atoms with Gasteiger partial charge in [-0.1, -0.05) is 48.5 Å². The molecule has 1 aromatic heterocycles. The number of aromatic nitrogens is 2. The topological polar surface area (TPSA) is 175 Å². The van der Waals surface area contributed by atoms with Crippen molar-refractivity contribution < 1.29 is 49.1 Å². The smallest absolute Gasteiger partial charge is 0.475 e. The van der Waals surface area contributed by atoms with E-state index in [1.807, 2.05) is 10.8 Å². The quantitative estimate of drug-likeness (QED) is 0.222. The van der Waals surface area contributed by atoms with E-state index in [-0.39, 0.29) is 12.8 Å². The fourth-order valence-corrected chi connectivity index (χ4v) is 6.90. The zero-order valence-electron chi connectivity index (χ0n) is 21.7. The number of fused-ring (bicyclic) bond motifs is 1. The Morgan fingerprint density at radius 2 is 1.65 bits per heavy atom. The minimum Gasteiger partial charge on any atom is -0.475 e. The molecule has 0 bridgehead atoms. The molecule has 3 aromatic carbocycles. The number of amides is 1. The summed E-state index contributed by atoms with van der Waals surface area (Å²) in [6.45, 7) is 0. The highest BCUT2D eigenvalue weighted by Gasteiger charge is 2.39. The van der Waals surface area contributed by atoms with Crippen molar-refractivity contribution in [1.82, 2.24) is 19.4 Å². The zero-order chi connectivity index (χ0) is 31.6. The van der Waals surface area contributed by atoms with Gasteiger partial charge in [-0.05, 0) is 41.8 Å². The number of aliphatic carboxylic acids is 1. The van der Waals surface area contributed by atoms with Crippen LogP contribution in [0.4, 0.5) is 17.6 Å². The lowest BCUT2D eigenvalue weighted by Crippen LogP contribution is -2.31. The maximum absolute atomic E-state index is 14.3. The molecule has 1 unspecified atom stereocenters. The minimum atomic E-state index is -5.08. The van der Waals surface area contributed by atoms with Crippen LogP contribution in [0.25, 0.3) is 11.0 Å². The molecule has 4 N–H and O–H groups in total. The van der Waals surface area contributed by atoms with Crippen LogP contribution in [0.15, 0.2) is 77.7 Å². The van der Waals surface area contributed by atoms with Gasteiger partial charge in [-0.25, -0.2) is 35.7 Å². The van der Waals surface area contributed by atoms with E-state index in [1.165, 1.54) is 18.2 Å². The van der Waals surface area contributed by atoms with Crippen molar-refractivity contribution in [2.24, 2.45) is 0 Å². The number of aromatic amines is 1. The van der Waals surface area contributed by atoms with E-state index in [0.717, 1.165) is 6.07 Å². The van der Waals surface area contributed by atoms with Crippen LogP contribution >= 0.6 is 0 Å². The predicted octanol–water partition coefficient (Wildman–Crippen LogP) is 3.49. The second-order valence-corrected chi connectivity index (χ2v) is 12.8. The van der Waals surface area contributed by atoms with E-state index in [2.05, 4.69) is 14.7 Å². The Labute approximate surface area is 242 Å². The summed E-state index contributed by atoms with van der Waals surface area (Å²) < 4.78 is 101. The van der Waals surface area contributed by atoms with E-state index in [9.17, 15) is 39.2 Å². The van der Waals surface area contributed by atoms with Crippen molar-refractivity contribution in [2.75, 3.05) is 0 Å². The van der Waals surface area contributed by atoms with Crippen molar-refractivity contribution >= 4 is 43.0 Å². The number of benzene rings is 3. The van der Waals surface area contributed by atoms with Gasteiger partial charge >= 0.3 is 12.1 Å². The number of carboxylic acid groups (broad SMARTS) is 1. The molecule has 228 valence electrons. The Balaban J connectivity index is 0.000000541. The summed E-state index contributed by atoms with van der Waals surface area (Å²) in [4.78, 5) is 27.6. The third-order valence-corrected chi connectivity index (χ3v) is 9.40. The number of alkyl halides is 3. The first-order valence-electron chi connectivity index (χ1n) is 12.2. The highest BCUT2D eigenvalue weighted by atomic mass is 32.2. The molecule has 0 radical (unpaired) electrons. The first-order valence-corrected chi connectivity index (χ1v) is 15.2. The van der Waals surface area contributed by atoms with Crippen LogP contribution in [0.2, 0.25) is 0 Å². The summed E-state index contributed by atoms with van der Waals surface area (Å²) in [5.41, 5.74) is 2.47. The van der Waals surface area contributed by atoms with Crippen LogP contribution in [-0.4, -0.2) is 50.0 Å². The van der Waals surface area contributed by atoms with Gasteiger partial charge in [0.15, 0.2) is 0 Å². The van der Waals surface area contributed by atoms with Gasteiger partial charge < -0.3 is 10.1 Å². The second-order valence-electron chi connectivity index (χ2n) is 9.26. The minimum absolute atomic E-state index is 0.141. The third-order valence-electron chi connectivity index (χ3n) is 6.20. The van der Waals surface area contributed by atoms with Gasteiger partial charge in [0.05, 0.1) is 23.5 Å². The molecule has 1 aliphatic heterocycles. The highest BCUT2D eigenvalue weighted by Crippen LogP contribution is 2.31. The van der Waals surface area contributed by atoms with Gasteiger partial charge in [0.1, 0.15) is 21.8 Å². The number of halogens is 4. The monoisotopic (exact) mass is 642 g/mol. The van der Waals surface area contributed by atoms with Crippen molar-refractivity contribution in [2.45, 2.75) is 35.2 Å². The molecule has 1 aliphatic rings. The molecule has 5 rings (SSSR count). The van der Waals surface area contributed by atoms with Crippen molar-refractivity contribution in [3.8, 4) is 0 Å². The van der Waals surface area contributed by atoms with Gasteiger partial charge in [-0.2, -0.15) is 13.2 Å². The van der Waals surface area contributed by atoms with Crippen LogP contribution in [-0.2, 0) is 36.1 Å². The lowest BCUT2D eigenvalue weighted by molar-refractivity contribution is -0.192. The summed E-state index contributed by atoms with van der Waals surface area (Å²) in [5.74, 6) is -3.85. The molecule has 1 fully saturated rings. The number of carbonyl (C=O) groups excluding carboxylic acids is 1. The number of H-pyrrole nitrogens is 1. The van der Waals surface area contributed by atoms with Gasteiger partial charge in [-0.15, -0.1) is 0 Å². The molecule has 2 heterocycles. The number of carboxylic acids is 1. The molecule has 2 atom stereocenters. The number of rotatable bonds is 7. The fraction of sp³-hybridized carbons (Fsp3) is 0.192. The maximum atomic E-state index is 14.3. The second kappa shape index (κ2) is 12.1. The molecule has 0 saturated carbocycles. The molecular weight excluding hydrogens is 620 g/mol. The van der Waals surface area contributed by atoms with E-state index in [1.54, 1.807) is 42.5 Å². The summed E-state index contributed by atoms with van der Waals surface area (Å²) in [6.07, 6.45) is -5.10. The van der Waals surface area contributed by atoms with Crippen LogP contribution < -0.4 is 9.44 Å². The summed E-state index contributed by atoms with van der Waals surface area (Å²) in [7, 11) is -8.03. The molecule has 11 nitrogen and oxygen atoms in total. The Bertz CT molecular complexity index is 1840. The predicted molar refractivity (Wildman–Crippen MR) is 144 cm³/mol. The number of hydrogen-bond acceptors (Lipinski definition) is 7. The van der Waals surface area contributed by atoms with Crippen molar-refractivity contribution in [1.29, 1.82) is 0 Å². The van der Waals surface area contributed by atoms with E-state index >= 15 is 0 Å². The molecule has 43 heavy (non-hydrogen) atoms. The number of imidazole rings is 1. The summed E-state index contributed by atoms with van der Waals surface area (Å²) in [5, 5.41) is 6.14. The average Bonchev–Trinajstić information content (AvgIpc) is 3.48. The molecular formula is C26H22F4N4O7S2. The Kier molecular flexibility index (Phi) is 8.89. The SMILES string of the molecule is O=C(O)C(F)(F)F.O=C1CC(c2ccc(C[C@H](NS(=O)(=O)c3ccccc3F)c3nc4ccccc4[nH]3)cc2)S(=O)(=O)N1. The summed E-state index contributed by atoms with van der Waals surface area (Å²) >= 11 is 0. The standard InChI is InChI=1S/C24H21FN4O5S2.C2HF3O2/c25-17-5-1-4-8-21(17)35(31,32)28-20(24-26-18-6-2-3-7-19(18)27-24)13-15-9-11-16(12-10-15)22-14-23(30)29-36(22,33)34;3-2(4,5)1(6)7/h1-12,20,22,28H,13-14H2,(H,26,27)(H,29,30);(H,6,7)/t20-,22?;/m0./s1. The highest BCUT2D eigenvalue weighted by molar-refractivity contribution is 7.90. The molecule has 0 aliphatic carbocycles. The van der Waals surface area contributed by atoms with Gasteiger partial charge in [-0.3, -0.25) is 9.52 Å². The Hall–Kier alpha value is -4.35. The first kappa shape index (κ1) is 31.6. The molecule has 17 heteroatoms. The number of carbonyl (C=O) groups is 2. The number of nitrogens with one attached hydrogen (secondary N) is 3. The van der Waals surface area contributed by atoms with Gasteiger partial charge in [0.25, 0.3) is 0 Å². The Morgan fingerprint density at radius 3 is 2.21 bits per heavy atom. The van der Waals surface area contributed by atoms with Crippen LogP contribution in [0.3, 0.4) is 0 Å². The number of sulfonamides is 2. The van der Waals surface area contributed by atoms with Crippen LogP contribution in [0, 0.1) is 5.82 Å². The molecule has 1 amide bonds. The van der Waals surface area contributed by atoms with Gasteiger partial charge in [0.2, 0.25) is 26.0 Å². The molecule has 4 aromatic rings. The first-order chi connectivity index (χ1) is 20.1. The molecule has 1 saturated heterocycles. The van der Waals surface area contributed by atoms with Gasteiger partial charge in [0, 0.05) is 0 Å². The number of nitrogens with zero attached hydrogens (tertiary/aromatic N) is 1. The van der Waals surface area contributed by atoms with E-state index < -0.39 is 60.1 Å². The number of para-hydroxylation sites is 2. The molecule has 0 spiro atoms. The fourth-order valence-electron chi connectivity index (χ4n) is 4.20. The lowest BCUT2D eigenvalue weighted by atomic mass is 10.0. The average molecular weight is 643 g/mol. The largest absolute Gasteiger partial charge is 0.490 e. The van der Waals surface area contributed by atoms with Crippen LogP contribution in [0.5, 0.6) is 0 Å². The number of hydrogen-bond donors (Lipinski definition) is 4. The Morgan fingerprint density at radius 1 is 1.05 bits per heavy atom. The van der Waals surface area contributed by atoms with Crippen molar-refractivity contribution in [3.63, 3.8) is 0 Å². The third kappa shape index (κ3) is 7.54.